The van der Waals surface area contributed by atoms with Crippen molar-refractivity contribution in [1.29, 1.82) is 0 Å². The van der Waals surface area contributed by atoms with Crippen molar-refractivity contribution in [2.75, 3.05) is 0 Å². The lowest BCUT2D eigenvalue weighted by atomic mass is 10.1. The monoisotopic (exact) mass is 336 g/mol. The number of furan rings is 1. The van der Waals surface area contributed by atoms with Crippen molar-refractivity contribution in [1.82, 2.24) is 20.3 Å². The van der Waals surface area contributed by atoms with Crippen LogP contribution in [0.4, 0.5) is 0 Å². The molecule has 6 nitrogen and oxygen atoms in total. The minimum atomic E-state index is 0.685. The second-order valence-corrected chi connectivity index (χ2v) is 6.23. The Morgan fingerprint density at radius 2 is 2.00 bits per heavy atom. The lowest BCUT2D eigenvalue weighted by Crippen LogP contribution is -2.13. The number of nitrogens with one attached hydrogen (secondary N) is 1. The fourth-order valence-corrected chi connectivity index (χ4v) is 3.05. The number of aromatic nitrogens is 3. The Morgan fingerprint density at radius 1 is 1.16 bits per heavy atom. The molecular formula is C19H20N4O2. The van der Waals surface area contributed by atoms with Crippen LogP contribution in [0.3, 0.4) is 0 Å². The molecule has 0 radical (unpaired) electrons. The molecule has 0 saturated heterocycles. The van der Waals surface area contributed by atoms with E-state index in [0.29, 0.717) is 13.1 Å². The van der Waals surface area contributed by atoms with Crippen LogP contribution in [0.25, 0.3) is 22.4 Å². The average molecular weight is 336 g/mol. The van der Waals surface area contributed by atoms with Crippen molar-refractivity contribution in [3.8, 4) is 11.5 Å². The number of hydrogen-bond acceptors (Lipinski definition) is 5. The van der Waals surface area contributed by atoms with Gasteiger partial charge in [-0.15, -0.1) is 0 Å². The van der Waals surface area contributed by atoms with Crippen LogP contribution in [0, 0.1) is 13.8 Å². The quantitative estimate of drug-likeness (QED) is 0.601. The highest BCUT2D eigenvalue weighted by Crippen LogP contribution is 2.29. The molecule has 0 bridgehead atoms. The minimum absolute atomic E-state index is 0.685. The SMILES string of the molecule is Cc1noc(C)c1CNCc1cn(C)nc1-c1cc2ccccc2o1. The van der Waals surface area contributed by atoms with Crippen LogP contribution in [0.5, 0.6) is 0 Å². The van der Waals surface area contributed by atoms with Gasteiger partial charge in [0.25, 0.3) is 0 Å². The summed E-state index contributed by atoms with van der Waals surface area (Å²) in [6.07, 6.45) is 2.02. The van der Waals surface area contributed by atoms with Gasteiger partial charge in [0, 0.05) is 42.8 Å². The third-order valence-corrected chi connectivity index (χ3v) is 4.36. The third-order valence-electron chi connectivity index (χ3n) is 4.36. The number of para-hydroxylation sites is 1. The molecule has 3 aromatic heterocycles. The predicted octanol–water partition coefficient (Wildman–Crippen LogP) is 3.73. The number of benzene rings is 1. The first-order valence-corrected chi connectivity index (χ1v) is 8.26. The first-order chi connectivity index (χ1) is 12.1. The van der Waals surface area contributed by atoms with Crippen LogP contribution in [-0.4, -0.2) is 14.9 Å². The Morgan fingerprint density at radius 3 is 2.76 bits per heavy atom. The molecule has 0 aliphatic rings. The van der Waals surface area contributed by atoms with Crippen molar-refractivity contribution >= 4 is 11.0 Å². The normalized spacial score (nSPS) is 11.5. The first-order valence-electron chi connectivity index (χ1n) is 8.26. The molecule has 0 fully saturated rings. The van der Waals surface area contributed by atoms with Crippen molar-refractivity contribution < 1.29 is 8.94 Å². The molecule has 0 saturated carbocycles. The van der Waals surface area contributed by atoms with E-state index in [2.05, 4.69) is 15.6 Å². The van der Waals surface area contributed by atoms with E-state index >= 15 is 0 Å². The maximum atomic E-state index is 5.97. The van der Waals surface area contributed by atoms with Gasteiger partial charge in [-0.05, 0) is 26.0 Å². The first kappa shape index (κ1) is 15.7. The largest absolute Gasteiger partial charge is 0.454 e. The summed E-state index contributed by atoms with van der Waals surface area (Å²) in [5.74, 6) is 1.64. The maximum Gasteiger partial charge on any atom is 0.156 e. The molecule has 0 spiro atoms. The fourth-order valence-electron chi connectivity index (χ4n) is 3.05. The second kappa shape index (κ2) is 6.22. The molecule has 4 rings (SSSR count). The van der Waals surface area contributed by atoms with Crippen LogP contribution in [-0.2, 0) is 20.1 Å². The van der Waals surface area contributed by atoms with E-state index in [9.17, 15) is 0 Å². The van der Waals surface area contributed by atoms with Gasteiger partial charge < -0.3 is 14.3 Å². The van der Waals surface area contributed by atoms with Gasteiger partial charge in [0.15, 0.2) is 5.76 Å². The van der Waals surface area contributed by atoms with Crippen LogP contribution in [0.2, 0.25) is 0 Å². The van der Waals surface area contributed by atoms with E-state index in [0.717, 1.165) is 45.0 Å². The van der Waals surface area contributed by atoms with Gasteiger partial charge in [0.1, 0.15) is 17.0 Å². The molecule has 0 atom stereocenters. The van der Waals surface area contributed by atoms with E-state index < -0.39 is 0 Å². The van der Waals surface area contributed by atoms with E-state index in [1.165, 1.54) is 0 Å². The molecule has 6 heteroatoms. The van der Waals surface area contributed by atoms with Gasteiger partial charge in [-0.1, -0.05) is 23.4 Å². The Labute approximate surface area is 145 Å². The van der Waals surface area contributed by atoms with E-state index in [-0.39, 0.29) is 0 Å². The maximum absolute atomic E-state index is 5.97. The summed E-state index contributed by atoms with van der Waals surface area (Å²) in [6.45, 7) is 5.28. The molecule has 1 aromatic carbocycles. The second-order valence-electron chi connectivity index (χ2n) is 6.23. The van der Waals surface area contributed by atoms with E-state index in [1.807, 2.05) is 62.1 Å². The molecule has 128 valence electrons. The average Bonchev–Trinajstić information content (AvgIpc) is 3.27. The topological polar surface area (TPSA) is 69.0 Å². The van der Waals surface area contributed by atoms with Crippen LogP contribution < -0.4 is 5.32 Å². The molecule has 0 unspecified atom stereocenters. The summed E-state index contributed by atoms with van der Waals surface area (Å²) in [5, 5.41) is 13.1. The molecule has 1 N–H and O–H groups in total. The van der Waals surface area contributed by atoms with Crippen LogP contribution in [0.15, 0.2) is 45.5 Å². The zero-order valence-electron chi connectivity index (χ0n) is 14.5. The molecule has 0 amide bonds. The van der Waals surface area contributed by atoms with Crippen LogP contribution >= 0.6 is 0 Å². The molecular weight excluding hydrogens is 316 g/mol. The lowest BCUT2D eigenvalue weighted by Gasteiger charge is -2.04. The number of fused-ring (bicyclic) bond motifs is 1. The summed E-state index contributed by atoms with van der Waals surface area (Å²) in [7, 11) is 1.92. The number of hydrogen-bond donors (Lipinski definition) is 1. The lowest BCUT2D eigenvalue weighted by molar-refractivity contribution is 0.392. The van der Waals surface area contributed by atoms with Gasteiger partial charge >= 0.3 is 0 Å². The molecule has 0 aliphatic heterocycles. The highest BCUT2D eigenvalue weighted by molar-refractivity contribution is 5.82. The third kappa shape index (κ3) is 2.96. The van der Waals surface area contributed by atoms with Gasteiger partial charge in [-0.2, -0.15) is 5.10 Å². The fraction of sp³-hybridized carbons (Fsp3) is 0.263. The standard InChI is InChI=1S/C19H20N4O2/c1-12-16(13(2)25-22-12)10-20-9-15-11-23(3)21-19(15)18-8-14-6-4-5-7-17(14)24-18/h4-8,11,20H,9-10H2,1-3H3. The summed E-state index contributed by atoms with van der Waals surface area (Å²) >= 11 is 0. The van der Waals surface area contributed by atoms with Gasteiger partial charge in [0.2, 0.25) is 0 Å². The highest BCUT2D eigenvalue weighted by atomic mass is 16.5. The van der Waals surface area contributed by atoms with Gasteiger partial charge in [-0.3, -0.25) is 4.68 Å². The van der Waals surface area contributed by atoms with Crippen molar-refractivity contribution in [2.24, 2.45) is 7.05 Å². The number of rotatable bonds is 5. The molecule has 25 heavy (non-hydrogen) atoms. The molecule has 3 heterocycles. The van der Waals surface area contributed by atoms with E-state index in [4.69, 9.17) is 8.94 Å². The van der Waals surface area contributed by atoms with Crippen molar-refractivity contribution in [2.45, 2.75) is 26.9 Å². The predicted molar refractivity (Wildman–Crippen MR) is 94.9 cm³/mol. The summed E-state index contributed by atoms with van der Waals surface area (Å²) < 4.78 is 13.0. The zero-order valence-corrected chi connectivity index (χ0v) is 14.5. The molecule has 4 aromatic rings. The number of aryl methyl sites for hydroxylation is 3. The smallest absolute Gasteiger partial charge is 0.156 e. The van der Waals surface area contributed by atoms with Crippen molar-refractivity contribution in [3.05, 3.63) is 59.1 Å². The van der Waals surface area contributed by atoms with Gasteiger partial charge in [0.05, 0.1) is 5.69 Å². The number of nitrogens with zero attached hydrogens (tertiary/aromatic N) is 3. The molecule has 0 aliphatic carbocycles. The Bertz CT molecular complexity index is 973. The Kier molecular flexibility index (Phi) is 3.89. The summed E-state index contributed by atoms with van der Waals surface area (Å²) in [6, 6.07) is 10.0. The highest BCUT2D eigenvalue weighted by Gasteiger charge is 2.15. The van der Waals surface area contributed by atoms with E-state index in [1.54, 1.807) is 0 Å². The summed E-state index contributed by atoms with van der Waals surface area (Å²) in [4.78, 5) is 0. The zero-order chi connectivity index (χ0) is 17.4. The minimum Gasteiger partial charge on any atom is -0.454 e. The Balaban J connectivity index is 1.56. The Hall–Kier alpha value is -2.86. The van der Waals surface area contributed by atoms with Gasteiger partial charge in [-0.25, -0.2) is 0 Å². The van der Waals surface area contributed by atoms with Crippen LogP contribution in [0.1, 0.15) is 22.6 Å². The van der Waals surface area contributed by atoms with Crippen molar-refractivity contribution in [3.63, 3.8) is 0 Å². The summed E-state index contributed by atoms with van der Waals surface area (Å²) in [5.41, 5.74) is 4.86.